The fourth-order valence-electron chi connectivity index (χ4n) is 13.0. The Labute approximate surface area is 466 Å². The van der Waals surface area contributed by atoms with E-state index in [1.165, 1.54) is 65.2 Å². The maximum absolute atomic E-state index is 13.7. The highest BCUT2D eigenvalue weighted by molar-refractivity contribution is 7.10. The van der Waals surface area contributed by atoms with Gasteiger partial charge in [0.2, 0.25) is 0 Å². The molecule has 0 radical (unpaired) electrons. The number of carboxylic acids is 2. The number of rotatable bonds is 16. The smallest absolute Gasteiger partial charge is 0.430 e. The molecular formula is C59H74F6N2O10S2. The number of carboxylic acid groups (broad SMARTS) is 2. The summed E-state index contributed by atoms with van der Waals surface area (Å²) < 4.78 is 77.9. The fourth-order valence-corrected chi connectivity index (χ4v) is 14.7. The van der Waals surface area contributed by atoms with Crippen LogP contribution < -0.4 is 10.2 Å². The minimum Gasteiger partial charge on any atom is -0.542 e. The average molecular weight is 1150 g/mol. The summed E-state index contributed by atoms with van der Waals surface area (Å²) in [5, 5.41) is 45.3. The predicted octanol–water partition coefficient (Wildman–Crippen LogP) is 8.95. The van der Waals surface area contributed by atoms with E-state index in [9.17, 15) is 46.1 Å². The first-order chi connectivity index (χ1) is 37.5. The lowest BCUT2D eigenvalue weighted by Crippen LogP contribution is -2.66. The molecule has 3 atom stereocenters. The SMILES string of the molecule is O=C(OC12CC[N+](CCCc3cccs3)(CC1)CC2)[C@](O)(c1ccccc1)C1CCCCC1.O=C(O[C@@H]1C[N+]2(CCCc3ccccc3)CCC1CC2)[C@](O)(c1cccs1)C1CCCC1.O=C([O-])C(F)(F)F.O=C([O-])C(F)(F)F. The van der Waals surface area contributed by atoms with Crippen LogP contribution in [0.5, 0.6) is 0 Å². The number of aliphatic hydroxyl groups is 2. The van der Waals surface area contributed by atoms with Gasteiger partial charge < -0.3 is 48.5 Å². The molecule has 6 saturated heterocycles. The highest BCUT2D eigenvalue weighted by atomic mass is 32.1. The van der Waals surface area contributed by atoms with Gasteiger partial charge in [-0.1, -0.05) is 105 Å². The summed E-state index contributed by atoms with van der Waals surface area (Å²) in [6, 6.07) is 28.5. The number of thiophene rings is 2. The molecule has 4 aromatic rings. The second kappa shape index (κ2) is 26.8. The standard InChI is InChI=1S/C28H38NO3S.C27H36NO3S.2C2HF3O2/c30-26(28(31,23-9-3-1-4-10-23)24-11-5-2-6-12-24)32-27-15-19-29(20-16-27,21-17-27)18-7-13-25-14-8-22-33-25;29-26(27(30,23-11-4-5-12-23)25-13-7-19-32-25)31-24-20-28(17-14-22(24)15-18-28)16-6-10-21-8-2-1-3-9-21;2*3-2(4,5)1(6)7/h1,3-4,8-10,14,22,24,31H,2,5-7,11-13,15-21H2;1-3,7-9,13,19,22-24,30H,4-6,10-12,14-18,20H2;2*(H,6,7)/q2*+1;;/p-2/t27?,28-,29?;22?,24-,27-,28?;;/m01../s1. The number of ether oxygens (including phenoxy) is 2. The number of aryl methyl sites for hydroxylation is 2. The van der Waals surface area contributed by atoms with E-state index >= 15 is 0 Å². The molecule has 0 spiro atoms. The van der Waals surface area contributed by atoms with Crippen molar-refractivity contribution in [3.8, 4) is 0 Å². The van der Waals surface area contributed by atoms with Gasteiger partial charge >= 0.3 is 24.3 Å². The quantitative estimate of drug-likeness (QED) is 0.0627. The molecule has 2 N–H and O–H groups in total. The molecule has 20 heteroatoms. The zero-order chi connectivity index (χ0) is 57.0. The lowest BCUT2D eigenvalue weighted by Gasteiger charge is -2.54. The topological polar surface area (TPSA) is 173 Å². The molecule has 2 aromatic carbocycles. The van der Waals surface area contributed by atoms with E-state index in [-0.39, 0.29) is 23.5 Å². The van der Waals surface area contributed by atoms with Crippen LogP contribution in [0.3, 0.4) is 0 Å². The summed E-state index contributed by atoms with van der Waals surface area (Å²) in [7, 11) is 0. The molecule has 434 valence electrons. The Morgan fingerprint density at radius 1 is 0.582 bits per heavy atom. The first kappa shape index (κ1) is 61.8. The molecule has 12 rings (SSSR count). The van der Waals surface area contributed by atoms with Gasteiger partial charge in [0.1, 0.15) is 24.1 Å². The highest BCUT2D eigenvalue weighted by Gasteiger charge is 2.56. The summed E-state index contributed by atoms with van der Waals surface area (Å²) in [5.41, 5.74) is -1.29. The first-order valence-corrected chi connectivity index (χ1v) is 29.6. The van der Waals surface area contributed by atoms with Crippen molar-refractivity contribution in [2.24, 2.45) is 17.8 Å². The summed E-state index contributed by atoms with van der Waals surface area (Å²) in [6.07, 6.45) is 8.32. The van der Waals surface area contributed by atoms with Crippen LogP contribution >= 0.6 is 22.7 Å². The molecule has 8 heterocycles. The van der Waals surface area contributed by atoms with Crippen LogP contribution in [-0.4, -0.2) is 119 Å². The van der Waals surface area contributed by atoms with Crippen LogP contribution in [0.25, 0.3) is 0 Å². The summed E-state index contributed by atoms with van der Waals surface area (Å²) in [4.78, 5) is 47.0. The molecule has 79 heavy (non-hydrogen) atoms. The maximum atomic E-state index is 13.7. The van der Waals surface area contributed by atoms with Crippen molar-refractivity contribution in [3.63, 3.8) is 0 Å². The molecule has 2 saturated carbocycles. The van der Waals surface area contributed by atoms with E-state index in [0.717, 1.165) is 138 Å². The first-order valence-electron chi connectivity index (χ1n) is 27.8. The van der Waals surface area contributed by atoms with Crippen LogP contribution in [0.15, 0.2) is 95.7 Å². The van der Waals surface area contributed by atoms with Gasteiger partial charge in [0.05, 0.1) is 45.8 Å². The Morgan fingerprint density at radius 2 is 1.08 bits per heavy atom. The molecule has 6 aliphatic heterocycles. The zero-order valence-electron chi connectivity index (χ0n) is 44.6. The van der Waals surface area contributed by atoms with Crippen molar-refractivity contribution in [1.82, 2.24) is 0 Å². The Bertz CT molecular complexity index is 2500. The number of fused-ring (bicyclic) bond motifs is 6. The molecule has 2 aliphatic carbocycles. The fraction of sp³-hybridized carbons (Fsp3) is 0.593. The van der Waals surface area contributed by atoms with Crippen LogP contribution in [-0.2, 0) is 52.7 Å². The second-order valence-electron chi connectivity index (χ2n) is 22.6. The number of carbonyl (C=O) groups is 4. The second-order valence-corrected chi connectivity index (χ2v) is 24.5. The van der Waals surface area contributed by atoms with Crippen LogP contribution in [0.2, 0.25) is 0 Å². The van der Waals surface area contributed by atoms with Gasteiger partial charge in [-0.15, -0.1) is 22.7 Å². The van der Waals surface area contributed by atoms with E-state index in [2.05, 4.69) is 47.8 Å². The number of aliphatic carboxylic acids is 2. The molecule has 8 aliphatic rings. The number of halogens is 6. The number of piperidine rings is 6. The van der Waals surface area contributed by atoms with Crippen molar-refractivity contribution in [1.29, 1.82) is 0 Å². The summed E-state index contributed by atoms with van der Waals surface area (Å²) in [6.45, 7) is 8.94. The molecule has 12 nitrogen and oxygen atoms in total. The zero-order valence-corrected chi connectivity index (χ0v) is 46.2. The minimum absolute atomic E-state index is 0.0243. The normalized spacial score (nSPS) is 26.3. The Hall–Kier alpha value is -4.86. The van der Waals surface area contributed by atoms with Gasteiger partial charge in [0.15, 0.2) is 17.3 Å². The summed E-state index contributed by atoms with van der Waals surface area (Å²) in [5.74, 6) is -6.45. The molecule has 4 bridgehead atoms. The van der Waals surface area contributed by atoms with Crippen LogP contribution in [0, 0.1) is 17.8 Å². The van der Waals surface area contributed by atoms with Gasteiger partial charge in [0, 0.05) is 72.5 Å². The van der Waals surface area contributed by atoms with E-state index in [1.807, 2.05) is 59.2 Å². The number of hydrogen-bond donors (Lipinski definition) is 2. The van der Waals surface area contributed by atoms with Crippen molar-refractivity contribution in [2.45, 2.75) is 151 Å². The number of esters is 2. The van der Waals surface area contributed by atoms with Crippen molar-refractivity contribution in [3.05, 3.63) is 117 Å². The minimum atomic E-state index is -5.19. The van der Waals surface area contributed by atoms with E-state index in [1.54, 1.807) is 0 Å². The Kier molecular flexibility index (Phi) is 21.0. The third kappa shape index (κ3) is 15.8. The lowest BCUT2D eigenvalue weighted by atomic mass is 9.73. The van der Waals surface area contributed by atoms with E-state index in [4.69, 9.17) is 29.3 Å². The van der Waals surface area contributed by atoms with Crippen molar-refractivity contribution in [2.75, 3.05) is 52.4 Å². The number of benzene rings is 2. The highest BCUT2D eigenvalue weighted by Crippen LogP contribution is 2.47. The molecule has 2 aromatic heterocycles. The van der Waals surface area contributed by atoms with Crippen LogP contribution in [0.1, 0.15) is 124 Å². The molecule has 8 fully saturated rings. The van der Waals surface area contributed by atoms with E-state index < -0.39 is 47.4 Å². The molecule has 0 unspecified atom stereocenters. The third-order valence-corrected chi connectivity index (χ3v) is 19.6. The number of hydrogen-bond acceptors (Lipinski definition) is 12. The van der Waals surface area contributed by atoms with Gasteiger partial charge in [-0.2, -0.15) is 26.3 Å². The van der Waals surface area contributed by atoms with Gasteiger partial charge in [-0.25, -0.2) is 9.59 Å². The monoisotopic (exact) mass is 1150 g/mol. The maximum Gasteiger partial charge on any atom is 0.430 e. The largest absolute Gasteiger partial charge is 0.542 e. The Balaban J connectivity index is 0.000000185. The number of alkyl halides is 6. The molecule has 0 amide bonds. The van der Waals surface area contributed by atoms with Gasteiger partial charge in [-0.05, 0) is 72.5 Å². The van der Waals surface area contributed by atoms with Gasteiger partial charge in [0.25, 0.3) is 0 Å². The third-order valence-electron chi connectivity index (χ3n) is 17.6. The van der Waals surface area contributed by atoms with Crippen molar-refractivity contribution >= 4 is 46.6 Å². The van der Waals surface area contributed by atoms with Crippen LogP contribution in [0.4, 0.5) is 26.3 Å². The van der Waals surface area contributed by atoms with E-state index in [0.29, 0.717) is 11.5 Å². The number of quaternary nitrogens is 2. The lowest BCUT2D eigenvalue weighted by molar-refractivity contribution is -0.946. The predicted molar refractivity (Wildman–Crippen MR) is 281 cm³/mol. The average Bonchev–Trinajstić information content (AvgIpc) is 4.32. The molecular weight excluding hydrogens is 1070 g/mol. The Morgan fingerprint density at radius 3 is 1.59 bits per heavy atom. The number of nitrogens with zero attached hydrogens (tertiary/aromatic N) is 2. The van der Waals surface area contributed by atoms with Gasteiger partial charge in [-0.3, -0.25) is 0 Å². The van der Waals surface area contributed by atoms with Crippen molar-refractivity contribution < 1.29 is 84.4 Å². The summed E-state index contributed by atoms with van der Waals surface area (Å²) >= 11 is 3.33. The number of carbonyl (C=O) groups excluding carboxylic acids is 4.